The highest BCUT2D eigenvalue weighted by Gasteiger charge is 2.11. The van der Waals surface area contributed by atoms with Crippen molar-refractivity contribution in [2.75, 3.05) is 7.11 Å². The number of hydrogen-bond acceptors (Lipinski definition) is 4. The number of primary amides is 1. The number of amides is 1. The van der Waals surface area contributed by atoms with E-state index in [1.807, 2.05) is 59.1 Å². The zero-order valence-corrected chi connectivity index (χ0v) is 15.3. The third-order valence-electron chi connectivity index (χ3n) is 4.44. The van der Waals surface area contributed by atoms with Crippen LogP contribution in [0.1, 0.15) is 15.9 Å². The number of fused-ring (bicyclic) bond motifs is 1. The summed E-state index contributed by atoms with van der Waals surface area (Å²) in [6, 6.07) is 19.0. The number of nitrogens with zero attached hydrogens (tertiary/aromatic N) is 2. The van der Waals surface area contributed by atoms with Gasteiger partial charge in [0.25, 0.3) is 0 Å². The Morgan fingerprint density at radius 1 is 1.07 bits per heavy atom. The highest BCUT2D eigenvalue weighted by molar-refractivity contribution is 5.93. The van der Waals surface area contributed by atoms with Crippen LogP contribution in [-0.4, -0.2) is 22.4 Å². The van der Waals surface area contributed by atoms with Crippen molar-refractivity contribution in [1.29, 1.82) is 0 Å². The molecule has 28 heavy (non-hydrogen) atoms. The van der Waals surface area contributed by atoms with Gasteiger partial charge in [-0.05, 0) is 35.9 Å². The Morgan fingerprint density at radius 3 is 2.64 bits per heavy atom. The number of methoxy groups -OCH3 is 1. The lowest BCUT2D eigenvalue weighted by Gasteiger charge is -2.12. The van der Waals surface area contributed by atoms with Crippen molar-refractivity contribution in [2.45, 2.75) is 6.61 Å². The number of nitrogens with two attached hydrogens (primary N) is 1. The number of imidazole rings is 1. The van der Waals surface area contributed by atoms with Gasteiger partial charge in [0.2, 0.25) is 5.91 Å². The highest BCUT2D eigenvalue weighted by atomic mass is 16.5. The lowest BCUT2D eigenvalue weighted by Crippen LogP contribution is -2.10. The van der Waals surface area contributed by atoms with Crippen LogP contribution in [0.4, 0.5) is 0 Å². The molecule has 6 heteroatoms. The lowest BCUT2D eigenvalue weighted by molar-refractivity contribution is 0.100. The summed E-state index contributed by atoms with van der Waals surface area (Å²) in [5, 5.41) is 0. The molecule has 0 saturated heterocycles. The third-order valence-corrected chi connectivity index (χ3v) is 4.44. The second kappa shape index (κ2) is 7.44. The van der Waals surface area contributed by atoms with E-state index >= 15 is 0 Å². The van der Waals surface area contributed by atoms with Gasteiger partial charge in [0.15, 0.2) is 11.5 Å². The van der Waals surface area contributed by atoms with Gasteiger partial charge in [0.1, 0.15) is 12.3 Å². The molecule has 2 heterocycles. The van der Waals surface area contributed by atoms with Crippen molar-refractivity contribution >= 4 is 11.6 Å². The summed E-state index contributed by atoms with van der Waals surface area (Å²) in [5.41, 5.74) is 9.13. The zero-order valence-electron chi connectivity index (χ0n) is 15.3. The number of ether oxygens (including phenoxy) is 2. The van der Waals surface area contributed by atoms with E-state index in [0.717, 1.165) is 16.8 Å². The van der Waals surface area contributed by atoms with E-state index in [1.54, 1.807) is 25.4 Å². The summed E-state index contributed by atoms with van der Waals surface area (Å²) in [6.07, 6.45) is 3.66. The topological polar surface area (TPSA) is 78.9 Å². The van der Waals surface area contributed by atoms with Gasteiger partial charge >= 0.3 is 0 Å². The Hall–Kier alpha value is -3.80. The second-order valence-corrected chi connectivity index (χ2v) is 6.31. The van der Waals surface area contributed by atoms with E-state index in [4.69, 9.17) is 15.2 Å². The van der Waals surface area contributed by atoms with Crippen LogP contribution in [0, 0.1) is 0 Å². The maximum absolute atomic E-state index is 11.4. The number of pyridine rings is 1. The van der Waals surface area contributed by atoms with E-state index in [2.05, 4.69) is 4.98 Å². The zero-order chi connectivity index (χ0) is 19.5. The molecule has 0 aliphatic heterocycles. The Morgan fingerprint density at radius 2 is 1.89 bits per heavy atom. The first-order valence-electron chi connectivity index (χ1n) is 8.78. The Bertz CT molecular complexity index is 1140. The SMILES string of the molecule is COc1ccc(-c2cn3ccc(C(N)=O)cc3n2)cc1OCc1ccccc1. The van der Waals surface area contributed by atoms with Gasteiger partial charge in [-0.3, -0.25) is 4.79 Å². The Balaban J connectivity index is 1.66. The van der Waals surface area contributed by atoms with Gasteiger partial charge in [-0.25, -0.2) is 4.98 Å². The van der Waals surface area contributed by atoms with Crippen molar-refractivity contribution in [3.63, 3.8) is 0 Å². The van der Waals surface area contributed by atoms with Crippen molar-refractivity contribution in [3.8, 4) is 22.8 Å². The van der Waals surface area contributed by atoms with Gasteiger partial charge in [-0.1, -0.05) is 30.3 Å². The molecule has 4 aromatic rings. The molecule has 2 aromatic carbocycles. The molecule has 2 N–H and O–H groups in total. The number of carbonyl (C=O) groups excluding carboxylic acids is 1. The van der Waals surface area contributed by atoms with Gasteiger partial charge < -0.3 is 19.6 Å². The van der Waals surface area contributed by atoms with E-state index in [9.17, 15) is 4.79 Å². The normalized spacial score (nSPS) is 10.8. The molecule has 0 fully saturated rings. The first-order chi connectivity index (χ1) is 13.6. The fraction of sp³-hybridized carbons (Fsp3) is 0.0909. The quantitative estimate of drug-likeness (QED) is 0.559. The molecule has 0 aliphatic carbocycles. The van der Waals surface area contributed by atoms with Crippen LogP contribution in [-0.2, 0) is 6.61 Å². The number of rotatable bonds is 6. The van der Waals surface area contributed by atoms with Crippen molar-refractivity contribution in [1.82, 2.24) is 9.38 Å². The summed E-state index contributed by atoms with van der Waals surface area (Å²) in [6.45, 7) is 0.438. The molecule has 6 nitrogen and oxygen atoms in total. The number of hydrogen-bond donors (Lipinski definition) is 1. The smallest absolute Gasteiger partial charge is 0.248 e. The highest BCUT2D eigenvalue weighted by Crippen LogP contribution is 2.33. The minimum absolute atomic E-state index is 0.422. The summed E-state index contributed by atoms with van der Waals surface area (Å²) in [5.74, 6) is 0.811. The van der Waals surface area contributed by atoms with Crippen LogP contribution < -0.4 is 15.2 Å². The van der Waals surface area contributed by atoms with Crippen LogP contribution in [0.2, 0.25) is 0 Å². The van der Waals surface area contributed by atoms with Crippen molar-refractivity contribution in [2.24, 2.45) is 5.73 Å². The van der Waals surface area contributed by atoms with E-state index in [1.165, 1.54) is 0 Å². The third kappa shape index (κ3) is 3.53. The van der Waals surface area contributed by atoms with E-state index in [-0.39, 0.29) is 0 Å². The molecule has 0 aliphatic rings. The van der Waals surface area contributed by atoms with Gasteiger partial charge in [0, 0.05) is 23.5 Å². The van der Waals surface area contributed by atoms with Crippen LogP contribution >= 0.6 is 0 Å². The predicted molar refractivity (Wildman–Crippen MR) is 106 cm³/mol. The van der Waals surface area contributed by atoms with Crippen molar-refractivity contribution in [3.05, 3.63) is 84.2 Å². The first-order valence-corrected chi connectivity index (χ1v) is 8.78. The van der Waals surface area contributed by atoms with E-state index in [0.29, 0.717) is 29.3 Å². The lowest BCUT2D eigenvalue weighted by atomic mass is 10.1. The van der Waals surface area contributed by atoms with Gasteiger partial charge in [-0.15, -0.1) is 0 Å². The fourth-order valence-electron chi connectivity index (χ4n) is 2.96. The summed E-state index contributed by atoms with van der Waals surface area (Å²) >= 11 is 0. The van der Waals surface area contributed by atoms with Gasteiger partial charge in [-0.2, -0.15) is 0 Å². The summed E-state index contributed by atoms with van der Waals surface area (Å²) in [7, 11) is 1.61. The Labute approximate surface area is 162 Å². The molecule has 0 bridgehead atoms. The van der Waals surface area contributed by atoms with Crippen molar-refractivity contribution < 1.29 is 14.3 Å². The molecule has 4 rings (SSSR count). The molecule has 2 aromatic heterocycles. The number of benzene rings is 2. The molecule has 0 atom stereocenters. The van der Waals surface area contributed by atoms with Crippen LogP contribution in [0.5, 0.6) is 11.5 Å². The summed E-state index contributed by atoms with van der Waals surface area (Å²) in [4.78, 5) is 16.0. The Kier molecular flexibility index (Phi) is 4.68. The molecule has 0 unspecified atom stereocenters. The van der Waals surface area contributed by atoms with Gasteiger partial charge in [0.05, 0.1) is 12.8 Å². The standard InChI is InChI=1S/C22H19N3O3/c1-27-19-8-7-16(11-20(19)28-14-15-5-3-2-4-6-15)18-13-25-10-9-17(22(23)26)12-21(25)24-18/h2-13H,14H2,1H3,(H2,23,26). The monoisotopic (exact) mass is 373 g/mol. The molecule has 0 radical (unpaired) electrons. The minimum Gasteiger partial charge on any atom is -0.493 e. The number of aromatic nitrogens is 2. The van der Waals surface area contributed by atoms with Crippen LogP contribution in [0.3, 0.4) is 0 Å². The molecule has 0 spiro atoms. The fourth-order valence-corrected chi connectivity index (χ4v) is 2.96. The average molecular weight is 373 g/mol. The minimum atomic E-state index is -0.479. The molecule has 0 saturated carbocycles. The number of carbonyl (C=O) groups is 1. The molecular formula is C22H19N3O3. The molecular weight excluding hydrogens is 354 g/mol. The largest absolute Gasteiger partial charge is 0.493 e. The maximum Gasteiger partial charge on any atom is 0.248 e. The molecule has 1 amide bonds. The second-order valence-electron chi connectivity index (χ2n) is 6.31. The van der Waals surface area contributed by atoms with E-state index < -0.39 is 5.91 Å². The average Bonchev–Trinajstić information content (AvgIpc) is 3.16. The predicted octanol–water partition coefficient (Wildman–Crippen LogP) is 3.69. The van der Waals surface area contributed by atoms with Crippen LogP contribution in [0.15, 0.2) is 73.1 Å². The van der Waals surface area contributed by atoms with Crippen LogP contribution in [0.25, 0.3) is 16.9 Å². The summed E-state index contributed by atoms with van der Waals surface area (Å²) < 4.78 is 13.2. The molecule has 140 valence electrons. The maximum atomic E-state index is 11.4. The first kappa shape index (κ1) is 17.6.